The largest absolute Gasteiger partial charge is 0.416 e. The van der Waals surface area contributed by atoms with E-state index >= 15 is 0 Å². The highest BCUT2D eigenvalue weighted by molar-refractivity contribution is 7.07. The van der Waals surface area contributed by atoms with Crippen molar-refractivity contribution >= 4 is 11.3 Å². The van der Waals surface area contributed by atoms with Gasteiger partial charge in [0.1, 0.15) is 0 Å². The van der Waals surface area contributed by atoms with Crippen molar-refractivity contribution in [2.45, 2.75) is 25.7 Å². The Kier molecular flexibility index (Phi) is 4.27. The van der Waals surface area contributed by atoms with E-state index in [0.717, 1.165) is 11.6 Å². The molecule has 2 rings (SSSR count). The molecule has 0 amide bonds. The van der Waals surface area contributed by atoms with Crippen molar-refractivity contribution in [1.29, 1.82) is 0 Å². The van der Waals surface area contributed by atoms with Gasteiger partial charge in [-0.25, -0.2) is 0 Å². The summed E-state index contributed by atoms with van der Waals surface area (Å²) in [5.41, 5.74) is 0.798. The summed E-state index contributed by atoms with van der Waals surface area (Å²) in [5, 5.41) is 7.07. The van der Waals surface area contributed by atoms with Gasteiger partial charge in [0.15, 0.2) is 0 Å². The third-order valence-corrected chi connectivity index (χ3v) is 3.67. The minimum Gasteiger partial charge on any atom is -0.306 e. The van der Waals surface area contributed by atoms with Gasteiger partial charge in [0.05, 0.1) is 5.56 Å². The van der Waals surface area contributed by atoms with E-state index in [1.807, 2.05) is 23.8 Å². The Labute approximate surface area is 114 Å². The third-order valence-electron chi connectivity index (χ3n) is 2.96. The quantitative estimate of drug-likeness (QED) is 0.864. The number of hydrogen-bond donors (Lipinski definition) is 1. The zero-order valence-electron chi connectivity index (χ0n) is 10.4. The van der Waals surface area contributed by atoms with Crippen LogP contribution in [-0.2, 0) is 12.7 Å². The van der Waals surface area contributed by atoms with Gasteiger partial charge in [-0.2, -0.15) is 24.5 Å². The Morgan fingerprint density at radius 1 is 1.21 bits per heavy atom. The second kappa shape index (κ2) is 5.75. The molecule has 19 heavy (non-hydrogen) atoms. The Morgan fingerprint density at radius 3 is 2.58 bits per heavy atom. The van der Waals surface area contributed by atoms with Gasteiger partial charge in [-0.05, 0) is 40.9 Å². The first-order valence-electron chi connectivity index (χ1n) is 5.89. The van der Waals surface area contributed by atoms with E-state index in [0.29, 0.717) is 0 Å². The summed E-state index contributed by atoms with van der Waals surface area (Å²) in [7, 11) is 0. The van der Waals surface area contributed by atoms with Gasteiger partial charge in [-0.15, -0.1) is 0 Å². The van der Waals surface area contributed by atoms with Gasteiger partial charge < -0.3 is 5.32 Å². The minimum absolute atomic E-state index is 0.0348. The molecule has 0 bridgehead atoms. The molecule has 0 fully saturated rings. The van der Waals surface area contributed by atoms with Gasteiger partial charge in [0.2, 0.25) is 0 Å². The van der Waals surface area contributed by atoms with Crippen molar-refractivity contribution in [3.63, 3.8) is 0 Å². The molecule has 0 saturated carbocycles. The van der Waals surface area contributed by atoms with Crippen molar-refractivity contribution in [2.75, 3.05) is 0 Å². The van der Waals surface area contributed by atoms with Crippen LogP contribution in [0.3, 0.4) is 0 Å². The molecule has 1 unspecified atom stereocenters. The molecule has 0 aliphatic heterocycles. The van der Waals surface area contributed by atoms with Crippen LogP contribution in [0.5, 0.6) is 0 Å². The van der Waals surface area contributed by atoms with Crippen LogP contribution in [0.15, 0.2) is 41.1 Å². The SMILES string of the molecule is CC(NCc1ccccc1C(F)(F)F)c1ccsc1. The number of halogens is 3. The lowest BCUT2D eigenvalue weighted by Gasteiger charge is -2.16. The summed E-state index contributed by atoms with van der Waals surface area (Å²) in [4.78, 5) is 0. The van der Waals surface area contributed by atoms with E-state index in [4.69, 9.17) is 0 Å². The zero-order chi connectivity index (χ0) is 13.9. The van der Waals surface area contributed by atoms with Crippen LogP contribution in [0.2, 0.25) is 0 Å². The smallest absolute Gasteiger partial charge is 0.306 e. The molecule has 2 aromatic rings. The summed E-state index contributed by atoms with van der Waals surface area (Å²) in [5.74, 6) is 0. The van der Waals surface area contributed by atoms with Gasteiger partial charge in [-0.1, -0.05) is 18.2 Å². The van der Waals surface area contributed by atoms with Gasteiger partial charge in [-0.3, -0.25) is 0 Å². The molecule has 5 heteroatoms. The van der Waals surface area contributed by atoms with E-state index in [-0.39, 0.29) is 18.2 Å². The van der Waals surface area contributed by atoms with E-state index < -0.39 is 11.7 Å². The summed E-state index contributed by atoms with van der Waals surface area (Å²) in [6.45, 7) is 2.14. The molecular formula is C14H14F3NS. The van der Waals surface area contributed by atoms with Crippen molar-refractivity contribution in [1.82, 2.24) is 5.32 Å². The molecule has 1 N–H and O–H groups in total. The minimum atomic E-state index is -4.30. The van der Waals surface area contributed by atoms with Gasteiger partial charge in [0, 0.05) is 12.6 Å². The lowest BCUT2D eigenvalue weighted by Crippen LogP contribution is -2.20. The lowest BCUT2D eigenvalue weighted by atomic mass is 10.1. The van der Waals surface area contributed by atoms with E-state index in [1.165, 1.54) is 12.1 Å². The molecule has 1 heterocycles. The van der Waals surface area contributed by atoms with Crippen LogP contribution in [0, 0.1) is 0 Å². The second-order valence-electron chi connectivity index (χ2n) is 4.31. The standard InChI is InChI=1S/C14H14F3NS/c1-10(12-6-7-19-9-12)18-8-11-4-2-3-5-13(11)14(15,16)17/h2-7,9-10,18H,8H2,1H3. The first kappa shape index (κ1) is 14.1. The van der Waals surface area contributed by atoms with Gasteiger partial charge in [0.25, 0.3) is 0 Å². The summed E-state index contributed by atoms with van der Waals surface area (Å²) < 4.78 is 38.5. The highest BCUT2D eigenvalue weighted by atomic mass is 32.1. The van der Waals surface area contributed by atoms with Crippen LogP contribution in [0.1, 0.15) is 29.7 Å². The molecule has 0 saturated heterocycles. The van der Waals surface area contributed by atoms with Crippen LogP contribution in [0.25, 0.3) is 0 Å². The molecule has 0 aliphatic carbocycles. The molecule has 1 atom stereocenters. The fraction of sp³-hybridized carbons (Fsp3) is 0.286. The van der Waals surface area contributed by atoms with E-state index in [2.05, 4.69) is 5.32 Å². The van der Waals surface area contributed by atoms with Crippen LogP contribution >= 0.6 is 11.3 Å². The van der Waals surface area contributed by atoms with Gasteiger partial charge >= 0.3 is 6.18 Å². The average Bonchev–Trinajstić information content (AvgIpc) is 2.89. The third kappa shape index (κ3) is 3.58. The molecular weight excluding hydrogens is 271 g/mol. The number of alkyl halides is 3. The topological polar surface area (TPSA) is 12.0 Å². The molecule has 1 nitrogen and oxygen atoms in total. The highest BCUT2D eigenvalue weighted by Crippen LogP contribution is 2.32. The Morgan fingerprint density at radius 2 is 1.95 bits per heavy atom. The average molecular weight is 285 g/mol. The second-order valence-corrected chi connectivity index (χ2v) is 5.09. The Hall–Kier alpha value is -1.33. The predicted molar refractivity (Wildman–Crippen MR) is 71.0 cm³/mol. The number of rotatable bonds is 4. The maximum atomic E-state index is 12.8. The number of benzene rings is 1. The molecule has 0 spiro atoms. The zero-order valence-corrected chi connectivity index (χ0v) is 11.2. The van der Waals surface area contributed by atoms with Crippen LogP contribution in [0.4, 0.5) is 13.2 Å². The maximum absolute atomic E-state index is 12.8. The lowest BCUT2D eigenvalue weighted by molar-refractivity contribution is -0.138. The first-order valence-corrected chi connectivity index (χ1v) is 6.83. The first-order chi connectivity index (χ1) is 8.98. The highest BCUT2D eigenvalue weighted by Gasteiger charge is 2.32. The number of thiophene rings is 1. The summed E-state index contributed by atoms with van der Waals surface area (Å²) in [6, 6.07) is 7.67. The van der Waals surface area contributed by atoms with Crippen molar-refractivity contribution in [3.05, 3.63) is 57.8 Å². The maximum Gasteiger partial charge on any atom is 0.416 e. The van der Waals surface area contributed by atoms with Crippen LogP contribution in [-0.4, -0.2) is 0 Å². The monoisotopic (exact) mass is 285 g/mol. The molecule has 102 valence electrons. The van der Waals surface area contributed by atoms with E-state index in [9.17, 15) is 13.2 Å². The normalized spacial score (nSPS) is 13.5. The number of nitrogens with one attached hydrogen (secondary N) is 1. The number of hydrogen-bond acceptors (Lipinski definition) is 2. The van der Waals surface area contributed by atoms with Crippen molar-refractivity contribution < 1.29 is 13.2 Å². The summed E-state index contributed by atoms with van der Waals surface area (Å²) in [6.07, 6.45) is -4.30. The fourth-order valence-corrected chi connectivity index (χ4v) is 2.61. The molecule has 0 aliphatic rings. The van der Waals surface area contributed by atoms with Crippen molar-refractivity contribution in [2.24, 2.45) is 0 Å². The predicted octanol–water partition coefficient (Wildman–Crippen LogP) is 4.62. The summed E-state index contributed by atoms with van der Waals surface area (Å²) >= 11 is 1.58. The molecule has 1 aromatic carbocycles. The van der Waals surface area contributed by atoms with Crippen molar-refractivity contribution in [3.8, 4) is 0 Å². The Balaban J connectivity index is 2.08. The fourth-order valence-electron chi connectivity index (χ4n) is 1.85. The van der Waals surface area contributed by atoms with E-state index in [1.54, 1.807) is 17.4 Å². The van der Waals surface area contributed by atoms with Crippen LogP contribution < -0.4 is 5.32 Å². The Bertz CT molecular complexity index is 520. The molecule has 0 radical (unpaired) electrons. The molecule has 1 aromatic heterocycles.